The van der Waals surface area contributed by atoms with Gasteiger partial charge in [-0.1, -0.05) is 30.3 Å². The van der Waals surface area contributed by atoms with Crippen LogP contribution in [0, 0.1) is 0 Å². The monoisotopic (exact) mass is 491 g/mol. The predicted molar refractivity (Wildman–Crippen MR) is 131 cm³/mol. The highest BCUT2D eigenvalue weighted by Gasteiger charge is 2.31. The zero-order valence-electron chi connectivity index (χ0n) is 20.4. The summed E-state index contributed by atoms with van der Waals surface area (Å²) in [6.07, 6.45) is 1.01. The Bertz CT molecular complexity index is 1090. The maximum atomic E-state index is 13.5. The summed E-state index contributed by atoms with van der Waals surface area (Å²) in [5, 5.41) is 2.81. The molecule has 0 heterocycles. The Morgan fingerprint density at radius 1 is 1.00 bits per heavy atom. The van der Waals surface area contributed by atoms with E-state index in [0.29, 0.717) is 5.75 Å². The van der Waals surface area contributed by atoms with Crippen molar-refractivity contribution in [2.24, 2.45) is 0 Å². The molecule has 0 saturated carbocycles. The SMILES string of the molecule is COc1ccc(OC)c(N(CC(=O)N(Cc2ccccc2)[C@@H](C)C(=O)NC(C)C)S(C)(=O)=O)c1. The Balaban J connectivity index is 2.46. The van der Waals surface area contributed by atoms with E-state index in [0.717, 1.165) is 16.1 Å². The molecule has 2 rings (SSSR count). The van der Waals surface area contributed by atoms with Crippen molar-refractivity contribution < 1.29 is 27.5 Å². The number of anilines is 1. The van der Waals surface area contributed by atoms with Crippen molar-refractivity contribution in [3.05, 3.63) is 54.1 Å². The number of benzene rings is 2. The predicted octanol–water partition coefficient (Wildman–Crippen LogP) is 2.41. The van der Waals surface area contributed by atoms with E-state index >= 15 is 0 Å². The van der Waals surface area contributed by atoms with Gasteiger partial charge in [0, 0.05) is 18.7 Å². The maximum Gasteiger partial charge on any atom is 0.244 e. The molecule has 0 radical (unpaired) electrons. The third-order valence-corrected chi connectivity index (χ3v) is 6.25. The molecule has 0 unspecified atom stereocenters. The fourth-order valence-corrected chi connectivity index (χ4v) is 4.20. The van der Waals surface area contributed by atoms with Gasteiger partial charge in [-0.2, -0.15) is 0 Å². The first-order valence-electron chi connectivity index (χ1n) is 10.8. The van der Waals surface area contributed by atoms with E-state index in [1.165, 1.54) is 25.2 Å². The van der Waals surface area contributed by atoms with Crippen molar-refractivity contribution in [3.8, 4) is 11.5 Å². The van der Waals surface area contributed by atoms with Gasteiger partial charge in [0.25, 0.3) is 0 Å². The van der Waals surface area contributed by atoms with Crippen molar-refractivity contribution in [2.45, 2.75) is 39.4 Å². The first-order chi connectivity index (χ1) is 16.0. The molecule has 10 heteroatoms. The van der Waals surface area contributed by atoms with Gasteiger partial charge in [0.05, 0.1) is 26.2 Å². The van der Waals surface area contributed by atoms with Crippen molar-refractivity contribution in [3.63, 3.8) is 0 Å². The molecule has 0 aromatic heterocycles. The van der Waals surface area contributed by atoms with E-state index in [1.807, 2.05) is 44.2 Å². The van der Waals surface area contributed by atoms with Gasteiger partial charge in [-0.25, -0.2) is 8.42 Å². The van der Waals surface area contributed by atoms with Crippen LogP contribution in [0.3, 0.4) is 0 Å². The Labute approximate surface area is 201 Å². The number of methoxy groups -OCH3 is 2. The first kappa shape index (κ1) is 27.0. The lowest BCUT2D eigenvalue weighted by Gasteiger charge is -2.32. The van der Waals surface area contributed by atoms with Crippen LogP contribution in [0.1, 0.15) is 26.3 Å². The summed E-state index contributed by atoms with van der Waals surface area (Å²) in [5.41, 5.74) is 0.974. The highest BCUT2D eigenvalue weighted by atomic mass is 32.2. The van der Waals surface area contributed by atoms with Gasteiger partial charge in [-0.05, 0) is 38.5 Å². The molecule has 34 heavy (non-hydrogen) atoms. The van der Waals surface area contributed by atoms with E-state index in [-0.39, 0.29) is 29.9 Å². The van der Waals surface area contributed by atoms with Crippen molar-refractivity contribution >= 4 is 27.5 Å². The number of sulfonamides is 1. The molecule has 0 fully saturated rings. The molecule has 2 aromatic carbocycles. The van der Waals surface area contributed by atoms with Crippen molar-refractivity contribution in [1.82, 2.24) is 10.2 Å². The van der Waals surface area contributed by atoms with Gasteiger partial charge in [-0.3, -0.25) is 13.9 Å². The van der Waals surface area contributed by atoms with Gasteiger partial charge >= 0.3 is 0 Å². The Morgan fingerprint density at radius 3 is 2.18 bits per heavy atom. The highest BCUT2D eigenvalue weighted by molar-refractivity contribution is 7.92. The van der Waals surface area contributed by atoms with E-state index in [9.17, 15) is 18.0 Å². The quantitative estimate of drug-likeness (QED) is 0.518. The lowest BCUT2D eigenvalue weighted by Crippen LogP contribution is -2.52. The molecular weight excluding hydrogens is 458 g/mol. The number of carbonyl (C=O) groups excluding carboxylic acids is 2. The number of hydrogen-bond donors (Lipinski definition) is 1. The molecule has 9 nitrogen and oxygen atoms in total. The second kappa shape index (κ2) is 11.7. The summed E-state index contributed by atoms with van der Waals surface area (Å²) < 4.78 is 37.0. The highest BCUT2D eigenvalue weighted by Crippen LogP contribution is 2.33. The minimum atomic E-state index is -3.89. The zero-order valence-corrected chi connectivity index (χ0v) is 21.3. The number of nitrogens with one attached hydrogen (secondary N) is 1. The number of nitrogens with zero attached hydrogens (tertiary/aromatic N) is 2. The standard InChI is InChI=1S/C24H33N3O6S/c1-17(2)25-24(29)18(3)26(15-19-10-8-7-9-11-19)23(28)16-27(34(6,30)31)21-14-20(32-4)12-13-22(21)33-5/h7-14,17-18H,15-16H2,1-6H3,(H,25,29)/t18-/m0/s1. The molecule has 186 valence electrons. The Morgan fingerprint density at radius 2 is 1.65 bits per heavy atom. The summed E-state index contributed by atoms with van der Waals surface area (Å²) in [6.45, 7) is 4.89. The summed E-state index contributed by atoms with van der Waals surface area (Å²) in [4.78, 5) is 27.7. The fourth-order valence-electron chi connectivity index (χ4n) is 3.35. The fraction of sp³-hybridized carbons (Fsp3) is 0.417. The van der Waals surface area contributed by atoms with Crippen LogP contribution < -0.4 is 19.1 Å². The van der Waals surface area contributed by atoms with Crippen LogP contribution in [0.4, 0.5) is 5.69 Å². The van der Waals surface area contributed by atoms with Gasteiger partial charge in [0.2, 0.25) is 21.8 Å². The molecule has 2 amide bonds. The average molecular weight is 492 g/mol. The van der Waals surface area contributed by atoms with Crippen LogP contribution in [-0.2, 0) is 26.2 Å². The number of amides is 2. The zero-order chi connectivity index (χ0) is 25.5. The van der Waals surface area contributed by atoms with Crippen LogP contribution in [0.5, 0.6) is 11.5 Å². The molecule has 1 N–H and O–H groups in total. The molecule has 1 atom stereocenters. The van der Waals surface area contributed by atoms with Crippen LogP contribution in [0.25, 0.3) is 0 Å². The number of carbonyl (C=O) groups is 2. The van der Waals surface area contributed by atoms with Crippen LogP contribution in [0.15, 0.2) is 48.5 Å². The van der Waals surface area contributed by atoms with E-state index < -0.39 is 28.5 Å². The third kappa shape index (κ3) is 7.11. The van der Waals surface area contributed by atoms with E-state index in [2.05, 4.69) is 5.32 Å². The Kier molecular flexibility index (Phi) is 9.31. The van der Waals surface area contributed by atoms with Crippen LogP contribution in [0.2, 0.25) is 0 Å². The second-order valence-electron chi connectivity index (χ2n) is 8.15. The number of rotatable bonds is 11. The number of hydrogen-bond acceptors (Lipinski definition) is 6. The second-order valence-corrected chi connectivity index (χ2v) is 10.1. The summed E-state index contributed by atoms with van der Waals surface area (Å²) >= 11 is 0. The summed E-state index contributed by atoms with van der Waals surface area (Å²) in [5.74, 6) is -0.198. The van der Waals surface area contributed by atoms with Gasteiger partial charge in [0.1, 0.15) is 24.1 Å². The lowest BCUT2D eigenvalue weighted by molar-refractivity contribution is -0.139. The Hall–Kier alpha value is -3.27. The molecule has 0 saturated heterocycles. The van der Waals surface area contributed by atoms with Crippen molar-refractivity contribution in [2.75, 3.05) is 31.3 Å². The van der Waals surface area contributed by atoms with Crippen molar-refractivity contribution in [1.29, 1.82) is 0 Å². The molecule has 2 aromatic rings. The maximum absolute atomic E-state index is 13.5. The third-order valence-electron chi connectivity index (χ3n) is 5.13. The first-order valence-corrected chi connectivity index (χ1v) is 12.7. The van der Waals surface area contributed by atoms with Gasteiger partial charge < -0.3 is 19.7 Å². The van der Waals surface area contributed by atoms with Gasteiger partial charge in [0.15, 0.2) is 0 Å². The molecule has 0 aliphatic rings. The van der Waals surface area contributed by atoms with Crippen LogP contribution in [-0.4, -0.2) is 64.2 Å². The molecular formula is C24H33N3O6S. The topological polar surface area (TPSA) is 105 Å². The summed E-state index contributed by atoms with van der Waals surface area (Å²) in [6, 6.07) is 12.9. The van der Waals surface area contributed by atoms with E-state index in [4.69, 9.17) is 9.47 Å². The average Bonchev–Trinajstić information content (AvgIpc) is 2.79. The molecule has 0 aliphatic carbocycles. The van der Waals surface area contributed by atoms with Crippen LogP contribution >= 0.6 is 0 Å². The molecule has 0 spiro atoms. The van der Waals surface area contributed by atoms with E-state index in [1.54, 1.807) is 19.1 Å². The molecule has 0 bridgehead atoms. The summed E-state index contributed by atoms with van der Waals surface area (Å²) in [7, 11) is -1.03. The normalized spacial score (nSPS) is 12.1. The minimum Gasteiger partial charge on any atom is -0.497 e. The minimum absolute atomic E-state index is 0.114. The molecule has 0 aliphatic heterocycles. The largest absolute Gasteiger partial charge is 0.497 e. The van der Waals surface area contributed by atoms with Gasteiger partial charge in [-0.15, -0.1) is 0 Å². The lowest BCUT2D eigenvalue weighted by atomic mass is 10.1. The number of ether oxygens (including phenoxy) is 2. The smallest absolute Gasteiger partial charge is 0.244 e.